The van der Waals surface area contributed by atoms with Crippen LogP contribution in [0.4, 0.5) is 0 Å². The standard InChI is InChI=1S/C13H25NOS/c1-13(2,12(14)16)9-10-15-11-7-5-3-4-6-8-11/h11H,3-10H2,1-2H3,(H2,14,16). The molecule has 16 heavy (non-hydrogen) atoms. The van der Waals surface area contributed by atoms with Gasteiger partial charge in [0.15, 0.2) is 0 Å². The summed E-state index contributed by atoms with van der Waals surface area (Å²) >= 11 is 5.05. The molecule has 0 saturated heterocycles. The molecule has 0 spiro atoms. The van der Waals surface area contributed by atoms with Gasteiger partial charge in [-0.15, -0.1) is 0 Å². The van der Waals surface area contributed by atoms with Gasteiger partial charge in [0.1, 0.15) is 0 Å². The van der Waals surface area contributed by atoms with Crippen molar-refractivity contribution in [2.75, 3.05) is 6.61 Å². The maximum absolute atomic E-state index is 5.93. The summed E-state index contributed by atoms with van der Waals surface area (Å²) in [7, 11) is 0. The molecule has 0 aromatic heterocycles. The van der Waals surface area contributed by atoms with Crippen molar-refractivity contribution in [3.8, 4) is 0 Å². The third kappa shape index (κ3) is 4.79. The van der Waals surface area contributed by atoms with E-state index in [9.17, 15) is 0 Å². The zero-order valence-corrected chi connectivity index (χ0v) is 11.4. The van der Waals surface area contributed by atoms with E-state index < -0.39 is 0 Å². The quantitative estimate of drug-likeness (QED) is 0.593. The van der Waals surface area contributed by atoms with Crippen LogP contribution in [0.3, 0.4) is 0 Å². The monoisotopic (exact) mass is 243 g/mol. The van der Waals surface area contributed by atoms with E-state index in [0.717, 1.165) is 13.0 Å². The summed E-state index contributed by atoms with van der Waals surface area (Å²) in [5, 5.41) is 0. The highest BCUT2D eigenvalue weighted by Gasteiger charge is 2.22. The minimum atomic E-state index is -0.0694. The highest BCUT2D eigenvalue weighted by atomic mass is 32.1. The Kier molecular flexibility index (Phi) is 5.70. The normalized spacial score (nSPS) is 19.4. The lowest BCUT2D eigenvalue weighted by molar-refractivity contribution is 0.0333. The van der Waals surface area contributed by atoms with Crippen LogP contribution in [0.2, 0.25) is 0 Å². The maximum atomic E-state index is 5.93. The van der Waals surface area contributed by atoms with Crippen LogP contribution < -0.4 is 5.73 Å². The van der Waals surface area contributed by atoms with Crippen LogP contribution in [0.25, 0.3) is 0 Å². The van der Waals surface area contributed by atoms with E-state index in [1.807, 2.05) is 0 Å². The molecule has 0 atom stereocenters. The first-order valence-electron chi connectivity index (χ1n) is 6.44. The molecule has 3 heteroatoms. The number of hydrogen-bond acceptors (Lipinski definition) is 2. The number of rotatable bonds is 5. The van der Waals surface area contributed by atoms with Crippen molar-refractivity contribution in [1.29, 1.82) is 0 Å². The molecule has 1 aliphatic rings. The average molecular weight is 243 g/mol. The molecule has 0 aromatic carbocycles. The van der Waals surface area contributed by atoms with Gasteiger partial charge in [-0.1, -0.05) is 51.7 Å². The molecular weight excluding hydrogens is 218 g/mol. The van der Waals surface area contributed by atoms with E-state index >= 15 is 0 Å². The SMILES string of the molecule is CC(C)(CCOC1CCCCCC1)C(N)=S. The lowest BCUT2D eigenvalue weighted by Crippen LogP contribution is -2.31. The lowest BCUT2D eigenvalue weighted by atomic mass is 9.90. The van der Waals surface area contributed by atoms with Crippen LogP contribution in [0.1, 0.15) is 58.8 Å². The molecule has 0 radical (unpaired) electrons. The van der Waals surface area contributed by atoms with Crippen LogP contribution in [0, 0.1) is 5.41 Å². The fourth-order valence-corrected chi connectivity index (χ4v) is 2.11. The number of nitrogens with two attached hydrogens (primary N) is 1. The molecule has 0 heterocycles. The van der Waals surface area contributed by atoms with Gasteiger partial charge in [-0.2, -0.15) is 0 Å². The second kappa shape index (κ2) is 6.55. The fourth-order valence-electron chi connectivity index (χ4n) is 2.01. The first-order valence-corrected chi connectivity index (χ1v) is 6.85. The van der Waals surface area contributed by atoms with E-state index in [-0.39, 0.29) is 5.41 Å². The largest absolute Gasteiger partial charge is 0.393 e. The Bertz CT molecular complexity index is 220. The van der Waals surface area contributed by atoms with Crippen molar-refractivity contribution in [2.45, 2.75) is 64.9 Å². The highest BCUT2D eigenvalue weighted by Crippen LogP contribution is 2.23. The molecule has 1 fully saturated rings. The van der Waals surface area contributed by atoms with Gasteiger partial charge in [-0.3, -0.25) is 0 Å². The molecule has 0 aliphatic heterocycles. The Morgan fingerprint density at radius 2 is 1.81 bits per heavy atom. The van der Waals surface area contributed by atoms with Crippen LogP contribution in [-0.4, -0.2) is 17.7 Å². The Hall–Kier alpha value is -0.150. The van der Waals surface area contributed by atoms with E-state index in [1.54, 1.807) is 0 Å². The van der Waals surface area contributed by atoms with Gasteiger partial charge < -0.3 is 10.5 Å². The highest BCUT2D eigenvalue weighted by molar-refractivity contribution is 7.80. The molecule has 0 bridgehead atoms. The summed E-state index contributed by atoms with van der Waals surface area (Å²) in [4.78, 5) is 0.594. The first kappa shape index (κ1) is 13.9. The molecule has 1 saturated carbocycles. The lowest BCUT2D eigenvalue weighted by Gasteiger charge is -2.24. The van der Waals surface area contributed by atoms with Crippen molar-refractivity contribution in [1.82, 2.24) is 0 Å². The number of ether oxygens (including phenoxy) is 1. The third-order valence-corrected chi connectivity index (χ3v) is 4.10. The van der Waals surface area contributed by atoms with Gasteiger partial charge in [0.2, 0.25) is 0 Å². The third-order valence-electron chi connectivity index (χ3n) is 3.55. The zero-order chi connectivity index (χ0) is 12.0. The minimum Gasteiger partial charge on any atom is -0.393 e. The van der Waals surface area contributed by atoms with E-state index in [0.29, 0.717) is 11.1 Å². The molecule has 0 aromatic rings. The Morgan fingerprint density at radius 3 is 2.31 bits per heavy atom. The van der Waals surface area contributed by atoms with Crippen molar-refractivity contribution < 1.29 is 4.74 Å². The molecule has 2 nitrogen and oxygen atoms in total. The van der Waals surface area contributed by atoms with Crippen LogP contribution in [0.15, 0.2) is 0 Å². The van der Waals surface area contributed by atoms with Crippen molar-refractivity contribution in [3.05, 3.63) is 0 Å². The Balaban J connectivity index is 2.21. The number of thiocarbonyl (C=S) groups is 1. The molecule has 0 unspecified atom stereocenters. The summed E-state index contributed by atoms with van der Waals surface area (Å²) in [6, 6.07) is 0. The van der Waals surface area contributed by atoms with Crippen LogP contribution in [0.5, 0.6) is 0 Å². The summed E-state index contributed by atoms with van der Waals surface area (Å²) in [6.07, 6.45) is 9.26. The van der Waals surface area contributed by atoms with Gasteiger partial charge >= 0.3 is 0 Å². The fraction of sp³-hybridized carbons (Fsp3) is 0.923. The van der Waals surface area contributed by atoms with Crippen molar-refractivity contribution >= 4 is 17.2 Å². The first-order chi connectivity index (χ1) is 7.52. The van der Waals surface area contributed by atoms with E-state index in [2.05, 4.69) is 13.8 Å². The summed E-state index contributed by atoms with van der Waals surface area (Å²) < 4.78 is 5.93. The predicted octanol–water partition coefficient (Wildman–Crippen LogP) is 3.43. The molecule has 94 valence electrons. The number of hydrogen-bond donors (Lipinski definition) is 1. The molecule has 2 N–H and O–H groups in total. The maximum Gasteiger partial charge on any atom is 0.0785 e. The van der Waals surface area contributed by atoms with Gasteiger partial charge in [0.05, 0.1) is 11.1 Å². The average Bonchev–Trinajstić information content (AvgIpc) is 2.46. The van der Waals surface area contributed by atoms with E-state index in [1.165, 1.54) is 38.5 Å². The second-order valence-electron chi connectivity index (χ2n) is 5.48. The summed E-state index contributed by atoms with van der Waals surface area (Å²) in [6.45, 7) is 4.96. The van der Waals surface area contributed by atoms with E-state index in [4.69, 9.17) is 22.7 Å². The Morgan fingerprint density at radius 1 is 1.25 bits per heavy atom. The molecule has 1 aliphatic carbocycles. The minimum absolute atomic E-state index is 0.0694. The molecule has 1 rings (SSSR count). The summed E-state index contributed by atoms with van der Waals surface area (Å²) in [5.41, 5.74) is 5.62. The topological polar surface area (TPSA) is 35.2 Å². The predicted molar refractivity (Wildman–Crippen MR) is 72.6 cm³/mol. The van der Waals surface area contributed by atoms with Crippen molar-refractivity contribution in [3.63, 3.8) is 0 Å². The molecule has 0 amide bonds. The van der Waals surface area contributed by atoms with Gasteiger partial charge in [0.25, 0.3) is 0 Å². The second-order valence-corrected chi connectivity index (χ2v) is 5.92. The molecular formula is C13H25NOS. The Labute approximate surface area is 105 Å². The van der Waals surface area contributed by atoms with Crippen LogP contribution in [-0.2, 0) is 4.74 Å². The van der Waals surface area contributed by atoms with Crippen LogP contribution >= 0.6 is 12.2 Å². The smallest absolute Gasteiger partial charge is 0.0785 e. The van der Waals surface area contributed by atoms with Gasteiger partial charge in [0, 0.05) is 12.0 Å². The van der Waals surface area contributed by atoms with Crippen molar-refractivity contribution in [2.24, 2.45) is 11.1 Å². The summed E-state index contributed by atoms with van der Waals surface area (Å²) in [5.74, 6) is 0. The zero-order valence-electron chi connectivity index (χ0n) is 10.6. The van der Waals surface area contributed by atoms with Gasteiger partial charge in [-0.25, -0.2) is 0 Å². The van der Waals surface area contributed by atoms with Gasteiger partial charge in [-0.05, 0) is 19.3 Å².